The van der Waals surface area contributed by atoms with Gasteiger partial charge in [0, 0.05) is 23.8 Å². The molecule has 24 heavy (non-hydrogen) atoms. The van der Waals surface area contributed by atoms with Crippen LogP contribution in [0.1, 0.15) is 12.8 Å². The zero-order chi connectivity index (χ0) is 16.7. The number of aromatic nitrogens is 2. The van der Waals surface area contributed by atoms with Crippen LogP contribution in [0.4, 0.5) is 0 Å². The zero-order valence-electron chi connectivity index (χ0n) is 12.9. The molecule has 122 valence electrons. The summed E-state index contributed by atoms with van der Waals surface area (Å²) in [5.41, 5.74) is 1.16. The van der Waals surface area contributed by atoms with E-state index in [0.29, 0.717) is 21.0 Å². The standard InChI is InChI=1S/C17H16N3O4/c21-17(18-10-3-4-11-18)24-15-9-5-8-14-16(15)20(23)13-7-2-1-6-12(13)19(14)22/h1-2,5-9,22H,3-4,10-11H2/q+1/p+1. The van der Waals surface area contributed by atoms with Gasteiger partial charge in [-0.2, -0.15) is 9.31 Å². The van der Waals surface area contributed by atoms with E-state index in [0.717, 1.165) is 30.7 Å². The van der Waals surface area contributed by atoms with Gasteiger partial charge in [-0.3, -0.25) is 0 Å². The van der Waals surface area contributed by atoms with Crippen LogP contribution in [-0.4, -0.2) is 38.8 Å². The predicted octanol–water partition coefficient (Wildman–Crippen LogP) is 2.05. The Morgan fingerprint density at radius 3 is 2.54 bits per heavy atom. The van der Waals surface area contributed by atoms with Crippen LogP contribution in [0.3, 0.4) is 0 Å². The van der Waals surface area contributed by atoms with E-state index in [4.69, 9.17) is 4.74 Å². The lowest BCUT2D eigenvalue weighted by molar-refractivity contribution is -0.522. The molecule has 2 aromatic carbocycles. The molecule has 1 fully saturated rings. The van der Waals surface area contributed by atoms with Crippen LogP contribution in [0.15, 0.2) is 42.5 Å². The number of ether oxygens (including phenoxy) is 1. The maximum absolute atomic E-state index is 12.8. The predicted molar refractivity (Wildman–Crippen MR) is 87.5 cm³/mol. The molecule has 0 radical (unpaired) electrons. The molecule has 0 aliphatic carbocycles. The molecule has 0 atom stereocenters. The van der Waals surface area contributed by atoms with Crippen LogP contribution in [0.5, 0.6) is 5.75 Å². The summed E-state index contributed by atoms with van der Waals surface area (Å²) in [6, 6.07) is 11.6. The van der Waals surface area contributed by atoms with Crippen molar-refractivity contribution in [3.8, 4) is 5.75 Å². The molecular weight excluding hydrogens is 310 g/mol. The summed E-state index contributed by atoms with van der Waals surface area (Å²) in [7, 11) is 0. The highest BCUT2D eigenvalue weighted by Gasteiger charge is 2.27. The van der Waals surface area contributed by atoms with Gasteiger partial charge in [-0.15, -0.1) is 0 Å². The Morgan fingerprint density at radius 1 is 1.04 bits per heavy atom. The number of hydrogen-bond acceptors (Lipinski definition) is 3. The van der Waals surface area contributed by atoms with Gasteiger partial charge in [0.15, 0.2) is 11.0 Å². The molecule has 0 saturated carbocycles. The first-order valence-electron chi connectivity index (χ1n) is 7.84. The number of rotatable bonds is 1. The van der Waals surface area contributed by atoms with E-state index in [2.05, 4.69) is 0 Å². The van der Waals surface area contributed by atoms with Crippen molar-refractivity contribution in [2.75, 3.05) is 13.1 Å². The average molecular weight is 327 g/mol. The van der Waals surface area contributed by atoms with Crippen molar-refractivity contribution >= 4 is 28.2 Å². The van der Waals surface area contributed by atoms with Gasteiger partial charge in [0.25, 0.3) is 5.52 Å². The van der Waals surface area contributed by atoms with Crippen LogP contribution < -0.4 is 9.16 Å². The minimum absolute atomic E-state index is 0.157. The molecule has 7 heteroatoms. The molecule has 1 aliphatic rings. The van der Waals surface area contributed by atoms with Gasteiger partial charge in [0.2, 0.25) is 5.75 Å². The Kier molecular flexibility index (Phi) is 3.34. The first-order chi connectivity index (χ1) is 11.7. The Labute approximate surface area is 136 Å². The van der Waals surface area contributed by atoms with E-state index < -0.39 is 0 Å². The van der Waals surface area contributed by atoms with Crippen molar-refractivity contribution in [2.24, 2.45) is 0 Å². The summed E-state index contributed by atoms with van der Waals surface area (Å²) >= 11 is 0. The van der Waals surface area contributed by atoms with Crippen LogP contribution >= 0.6 is 0 Å². The van der Waals surface area contributed by atoms with Gasteiger partial charge in [0.1, 0.15) is 13.1 Å². The molecule has 2 heterocycles. The van der Waals surface area contributed by atoms with E-state index >= 15 is 0 Å². The monoisotopic (exact) mass is 327 g/mol. The third kappa shape index (κ3) is 2.17. The average Bonchev–Trinajstić information content (AvgIpc) is 3.14. The van der Waals surface area contributed by atoms with Crippen molar-refractivity contribution in [1.82, 2.24) is 4.73 Å². The Balaban J connectivity index is 1.97. The van der Waals surface area contributed by atoms with Crippen LogP contribution in [0, 0.1) is 4.91 Å². The fraction of sp³-hybridized carbons (Fsp3) is 0.235. The van der Waals surface area contributed by atoms with Crippen LogP contribution in [-0.2, 0) is 0 Å². The summed E-state index contributed by atoms with van der Waals surface area (Å²) in [6.45, 7) is 1.44. The number of aliphatic hydroxyl groups is 1. The van der Waals surface area contributed by atoms with Gasteiger partial charge < -0.3 is 15.1 Å². The molecule has 0 bridgehead atoms. The number of hydrogen-bond donors (Lipinski definition) is 2. The fourth-order valence-corrected chi connectivity index (χ4v) is 3.10. The van der Waals surface area contributed by atoms with Gasteiger partial charge in [0.05, 0.1) is 4.43 Å². The number of fused-ring (bicyclic) bond motifs is 2. The summed E-state index contributed by atoms with van der Waals surface area (Å²) in [5.74, 6) is 0.195. The third-order valence-electron chi connectivity index (χ3n) is 4.32. The summed E-state index contributed by atoms with van der Waals surface area (Å²) in [6.07, 6.45) is 1.76. The highest BCUT2D eigenvalue weighted by Crippen LogP contribution is 2.24. The van der Waals surface area contributed by atoms with E-state index in [1.54, 1.807) is 47.0 Å². The van der Waals surface area contributed by atoms with Crippen molar-refractivity contribution in [2.45, 2.75) is 12.8 Å². The molecule has 0 amide bonds. The minimum Gasteiger partial charge on any atom is -0.430 e. The van der Waals surface area contributed by atoms with Crippen molar-refractivity contribution in [3.05, 3.63) is 47.4 Å². The lowest BCUT2D eigenvalue weighted by Gasteiger charge is -2.05. The second-order valence-corrected chi connectivity index (χ2v) is 5.80. The third-order valence-corrected chi connectivity index (χ3v) is 4.32. The largest absolute Gasteiger partial charge is 0.552 e. The van der Waals surface area contributed by atoms with Gasteiger partial charge in [-0.05, 0) is 18.2 Å². The molecule has 3 aromatic rings. The first-order valence-corrected chi connectivity index (χ1v) is 7.84. The second-order valence-electron chi connectivity index (χ2n) is 5.80. The fourth-order valence-electron chi connectivity index (χ4n) is 3.10. The number of nitrogens with zero attached hydrogens (tertiary/aromatic N) is 3. The van der Waals surface area contributed by atoms with Crippen molar-refractivity contribution < 1.29 is 24.1 Å². The normalized spacial score (nSPS) is 14.4. The molecule has 4 rings (SSSR count). The molecule has 7 nitrogen and oxygen atoms in total. The number of para-hydroxylation sites is 3. The topological polar surface area (TPSA) is 80.6 Å². The van der Waals surface area contributed by atoms with Gasteiger partial charge in [-0.1, -0.05) is 18.2 Å². The summed E-state index contributed by atoms with van der Waals surface area (Å²) in [5, 5.41) is 20.6. The van der Waals surface area contributed by atoms with Crippen LogP contribution in [0.25, 0.3) is 22.1 Å². The van der Waals surface area contributed by atoms with E-state index in [-0.39, 0.29) is 17.4 Å². The first kappa shape index (κ1) is 14.5. The smallest absolute Gasteiger partial charge is 0.430 e. The van der Waals surface area contributed by atoms with Crippen molar-refractivity contribution in [1.29, 1.82) is 0 Å². The lowest BCUT2D eigenvalue weighted by Crippen LogP contribution is -2.26. The highest BCUT2D eigenvalue weighted by atomic mass is 16.6. The second kappa shape index (κ2) is 5.52. The quantitative estimate of drug-likeness (QED) is 0.310. The molecule has 0 unspecified atom stereocenters. The summed E-state index contributed by atoms with van der Waals surface area (Å²) < 4.78 is 8.94. The van der Waals surface area contributed by atoms with E-state index in [1.807, 2.05) is 0 Å². The zero-order valence-corrected chi connectivity index (χ0v) is 12.9. The molecule has 1 aliphatic heterocycles. The Hall–Kier alpha value is -3.09. The molecule has 0 spiro atoms. The maximum atomic E-state index is 12.8. The summed E-state index contributed by atoms with van der Waals surface area (Å²) in [4.78, 5) is 12.8. The molecule has 1 saturated heterocycles. The number of benzene rings is 2. The number of aliphatic hydroxyl groups excluding tert-OH is 1. The Bertz CT molecular complexity index is 1030. The maximum Gasteiger partial charge on any atom is 0.552 e. The molecule has 2 N–H and O–H groups in total. The van der Waals surface area contributed by atoms with Gasteiger partial charge >= 0.3 is 11.6 Å². The molecular formula is C17H17N3O4+2. The Morgan fingerprint density at radius 2 is 1.75 bits per heavy atom. The van der Waals surface area contributed by atoms with Crippen molar-refractivity contribution in [3.63, 3.8) is 0 Å². The van der Waals surface area contributed by atoms with Gasteiger partial charge in [-0.25, -0.2) is 0 Å². The highest BCUT2D eigenvalue weighted by molar-refractivity contribution is 5.86. The molecule has 1 aromatic heterocycles. The van der Waals surface area contributed by atoms with E-state index in [9.17, 15) is 15.2 Å². The lowest BCUT2D eigenvalue weighted by atomic mass is 10.2. The minimum atomic E-state index is -0.224. The van der Waals surface area contributed by atoms with E-state index in [1.165, 1.54) is 0 Å². The SMILES string of the molecule is O=[n+]1c2ccccc2n(O)c2cccc(OC(O)=[N+]3CCCC3)c21. The van der Waals surface area contributed by atoms with Crippen LogP contribution in [0.2, 0.25) is 0 Å².